The van der Waals surface area contributed by atoms with E-state index in [9.17, 15) is 9.59 Å². The highest BCUT2D eigenvalue weighted by Gasteiger charge is 2.36. The molecule has 1 aliphatic rings. The molecule has 1 aromatic carbocycles. The highest BCUT2D eigenvalue weighted by molar-refractivity contribution is 9.10. The summed E-state index contributed by atoms with van der Waals surface area (Å²) in [6.45, 7) is 0.382. The summed E-state index contributed by atoms with van der Waals surface area (Å²) in [4.78, 5) is 33.5. The summed E-state index contributed by atoms with van der Waals surface area (Å²) in [6, 6.07) is 14.7. The Morgan fingerprint density at radius 1 is 1.12 bits per heavy atom. The fourth-order valence-electron chi connectivity index (χ4n) is 3.38. The molecule has 6 heteroatoms. The van der Waals surface area contributed by atoms with Gasteiger partial charge in [-0.1, -0.05) is 18.2 Å². The second kappa shape index (κ2) is 6.88. The molecule has 0 aliphatic carbocycles. The molecule has 1 amide bonds. The first-order valence-electron chi connectivity index (χ1n) is 8.30. The number of H-pyrrole nitrogens is 1. The number of hydrogen-bond donors (Lipinski definition) is 1. The van der Waals surface area contributed by atoms with Crippen LogP contribution in [0.5, 0.6) is 0 Å². The normalized spacial score (nSPS) is 16.0. The Balaban J connectivity index is 1.72. The summed E-state index contributed by atoms with van der Waals surface area (Å²) in [5.74, 6) is -0.0158. The Kier molecular flexibility index (Phi) is 4.42. The van der Waals surface area contributed by atoms with E-state index in [-0.39, 0.29) is 17.5 Å². The third kappa shape index (κ3) is 3.08. The first-order valence-corrected chi connectivity index (χ1v) is 9.09. The number of hydrogen-bond acceptors (Lipinski definition) is 3. The Hall–Kier alpha value is -2.73. The quantitative estimate of drug-likeness (QED) is 0.717. The van der Waals surface area contributed by atoms with Crippen molar-refractivity contribution in [1.29, 1.82) is 0 Å². The van der Waals surface area contributed by atoms with Crippen LogP contribution in [0.4, 0.5) is 0 Å². The SMILES string of the molecule is O=C1c2ccccc2C(Cc2ncccc2Br)N1Cc1cc[nH]c(=O)c1. The Labute approximate surface area is 158 Å². The molecular formula is C20H16BrN3O2. The van der Waals surface area contributed by atoms with Crippen LogP contribution >= 0.6 is 15.9 Å². The number of carbonyl (C=O) groups excluding carboxylic acids is 1. The number of nitrogens with one attached hydrogen (secondary N) is 1. The second-order valence-corrected chi connectivity index (χ2v) is 7.09. The standard InChI is InChI=1S/C20H16BrN3O2/c21-16-6-3-8-22-17(16)11-18-14-4-1-2-5-15(14)20(26)24(18)12-13-7-9-23-19(25)10-13/h1-10,18H,11-12H2,(H,23,25). The highest BCUT2D eigenvalue weighted by atomic mass is 79.9. The summed E-state index contributed by atoms with van der Waals surface area (Å²) < 4.78 is 0.924. The molecule has 26 heavy (non-hydrogen) atoms. The Bertz CT molecular complexity index is 1030. The van der Waals surface area contributed by atoms with Crippen molar-refractivity contribution in [2.75, 3.05) is 0 Å². The minimum Gasteiger partial charge on any atom is -0.329 e. The van der Waals surface area contributed by atoms with Crippen molar-refractivity contribution >= 4 is 21.8 Å². The molecule has 1 aliphatic heterocycles. The Morgan fingerprint density at radius 2 is 1.96 bits per heavy atom. The van der Waals surface area contributed by atoms with E-state index in [4.69, 9.17) is 0 Å². The van der Waals surface area contributed by atoms with Crippen LogP contribution in [-0.4, -0.2) is 20.8 Å². The molecule has 1 atom stereocenters. The topological polar surface area (TPSA) is 66.1 Å². The number of benzene rings is 1. The van der Waals surface area contributed by atoms with Crippen LogP contribution in [-0.2, 0) is 13.0 Å². The summed E-state index contributed by atoms with van der Waals surface area (Å²) >= 11 is 3.54. The molecule has 0 saturated heterocycles. The van der Waals surface area contributed by atoms with Crippen LogP contribution in [0.15, 0.2) is 70.2 Å². The van der Waals surface area contributed by atoms with Gasteiger partial charge in [-0.25, -0.2) is 0 Å². The minimum atomic E-state index is -0.171. The molecule has 3 aromatic rings. The number of rotatable bonds is 4. The summed E-state index contributed by atoms with van der Waals surface area (Å²) in [7, 11) is 0. The van der Waals surface area contributed by atoms with Gasteiger partial charge in [0.2, 0.25) is 5.56 Å². The zero-order valence-corrected chi connectivity index (χ0v) is 15.4. The van der Waals surface area contributed by atoms with Crippen molar-refractivity contribution in [3.8, 4) is 0 Å². The molecule has 1 N–H and O–H groups in total. The van der Waals surface area contributed by atoms with Gasteiger partial charge >= 0.3 is 0 Å². The number of halogens is 1. The lowest BCUT2D eigenvalue weighted by atomic mass is 10.0. The van der Waals surface area contributed by atoms with E-state index in [1.165, 1.54) is 6.07 Å². The maximum atomic E-state index is 13.0. The van der Waals surface area contributed by atoms with Crippen molar-refractivity contribution in [1.82, 2.24) is 14.9 Å². The largest absolute Gasteiger partial charge is 0.329 e. The van der Waals surface area contributed by atoms with Crippen molar-refractivity contribution in [2.45, 2.75) is 19.0 Å². The summed E-state index contributed by atoms with van der Waals surface area (Å²) in [5.41, 5.74) is 3.25. The third-order valence-electron chi connectivity index (χ3n) is 4.60. The van der Waals surface area contributed by atoms with Gasteiger partial charge in [-0.05, 0) is 51.3 Å². The van der Waals surface area contributed by atoms with Crippen molar-refractivity contribution in [2.24, 2.45) is 0 Å². The Morgan fingerprint density at radius 3 is 2.77 bits per heavy atom. The molecular weight excluding hydrogens is 394 g/mol. The van der Waals surface area contributed by atoms with Crippen LogP contribution in [0.3, 0.4) is 0 Å². The molecule has 2 aromatic heterocycles. The van der Waals surface area contributed by atoms with Crippen LogP contribution in [0.25, 0.3) is 0 Å². The van der Waals surface area contributed by atoms with Crippen molar-refractivity contribution < 1.29 is 4.79 Å². The van der Waals surface area contributed by atoms with Gasteiger partial charge in [0, 0.05) is 41.5 Å². The molecule has 0 fully saturated rings. The average Bonchev–Trinajstić information content (AvgIpc) is 2.90. The van der Waals surface area contributed by atoms with Crippen LogP contribution < -0.4 is 5.56 Å². The predicted molar refractivity (Wildman–Crippen MR) is 102 cm³/mol. The number of amides is 1. The molecule has 0 bridgehead atoms. The van der Waals surface area contributed by atoms with Crippen LogP contribution in [0.2, 0.25) is 0 Å². The molecule has 4 rings (SSSR count). The van der Waals surface area contributed by atoms with E-state index in [1.807, 2.05) is 47.4 Å². The van der Waals surface area contributed by atoms with E-state index < -0.39 is 0 Å². The van der Waals surface area contributed by atoms with Crippen LogP contribution in [0, 0.1) is 0 Å². The monoisotopic (exact) mass is 409 g/mol. The number of nitrogens with zero attached hydrogens (tertiary/aromatic N) is 2. The highest BCUT2D eigenvalue weighted by Crippen LogP contribution is 2.37. The summed E-state index contributed by atoms with van der Waals surface area (Å²) in [5, 5.41) is 0. The molecule has 0 spiro atoms. The van der Waals surface area contributed by atoms with Crippen molar-refractivity contribution in [3.63, 3.8) is 0 Å². The fourth-order valence-corrected chi connectivity index (χ4v) is 3.80. The lowest BCUT2D eigenvalue weighted by Crippen LogP contribution is -2.29. The second-order valence-electron chi connectivity index (χ2n) is 6.23. The fraction of sp³-hybridized carbons (Fsp3) is 0.150. The number of fused-ring (bicyclic) bond motifs is 1. The van der Waals surface area contributed by atoms with Crippen LogP contribution in [0.1, 0.15) is 33.2 Å². The van der Waals surface area contributed by atoms with Gasteiger partial charge in [-0.2, -0.15) is 0 Å². The smallest absolute Gasteiger partial charge is 0.255 e. The van der Waals surface area contributed by atoms with Gasteiger partial charge in [-0.3, -0.25) is 14.6 Å². The van der Waals surface area contributed by atoms with E-state index in [1.54, 1.807) is 12.4 Å². The van der Waals surface area contributed by atoms with Gasteiger partial charge in [0.05, 0.1) is 11.7 Å². The molecule has 1 unspecified atom stereocenters. The van der Waals surface area contributed by atoms with Crippen molar-refractivity contribution in [3.05, 3.63) is 98.1 Å². The molecule has 0 saturated carbocycles. The van der Waals surface area contributed by atoms with Gasteiger partial charge in [0.25, 0.3) is 5.91 Å². The summed E-state index contributed by atoms with van der Waals surface area (Å²) in [6.07, 6.45) is 3.97. The zero-order valence-electron chi connectivity index (χ0n) is 13.9. The lowest BCUT2D eigenvalue weighted by molar-refractivity contribution is 0.0708. The number of carbonyl (C=O) groups is 1. The van der Waals surface area contributed by atoms with Gasteiger partial charge < -0.3 is 9.88 Å². The minimum absolute atomic E-state index is 0.0158. The molecule has 5 nitrogen and oxygen atoms in total. The number of aromatic nitrogens is 2. The lowest BCUT2D eigenvalue weighted by Gasteiger charge is -2.25. The zero-order chi connectivity index (χ0) is 18.1. The van der Waals surface area contributed by atoms with E-state index >= 15 is 0 Å². The maximum absolute atomic E-state index is 13.0. The molecule has 3 heterocycles. The molecule has 0 radical (unpaired) electrons. The van der Waals surface area contributed by atoms with Gasteiger partial charge in [0.1, 0.15) is 0 Å². The number of pyridine rings is 2. The number of aromatic amines is 1. The maximum Gasteiger partial charge on any atom is 0.255 e. The first-order chi connectivity index (χ1) is 12.6. The van der Waals surface area contributed by atoms with Gasteiger partial charge in [0.15, 0.2) is 0 Å². The average molecular weight is 410 g/mol. The van der Waals surface area contributed by atoms with E-state index in [0.29, 0.717) is 13.0 Å². The predicted octanol–water partition coefficient (Wildman–Crippen LogP) is 3.47. The third-order valence-corrected chi connectivity index (χ3v) is 5.32. The first kappa shape index (κ1) is 16.7. The van der Waals surface area contributed by atoms with Gasteiger partial charge in [-0.15, -0.1) is 0 Å². The van der Waals surface area contributed by atoms with E-state index in [0.717, 1.165) is 26.9 Å². The molecule has 130 valence electrons. The van der Waals surface area contributed by atoms with E-state index in [2.05, 4.69) is 25.9 Å².